The molecule has 4 heteroatoms. The highest BCUT2D eigenvalue weighted by atomic mass is 79.9. The van der Waals surface area contributed by atoms with E-state index in [1.165, 1.54) is 10.4 Å². The van der Waals surface area contributed by atoms with E-state index in [9.17, 15) is 0 Å². The molecule has 1 unspecified atom stereocenters. The van der Waals surface area contributed by atoms with Crippen LogP contribution in [0, 0.1) is 0 Å². The van der Waals surface area contributed by atoms with Crippen molar-refractivity contribution in [1.82, 2.24) is 0 Å². The van der Waals surface area contributed by atoms with Crippen LogP contribution in [0.5, 0.6) is 11.5 Å². The predicted molar refractivity (Wildman–Crippen MR) is 79.2 cm³/mol. The Balaban J connectivity index is 2.14. The summed E-state index contributed by atoms with van der Waals surface area (Å²) in [6.45, 7) is 0. The number of rotatable bonds is 5. The molecule has 1 aromatic heterocycles. The van der Waals surface area contributed by atoms with Crippen LogP contribution in [-0.4, -0.2) is 14.2 Å². The van der Waals surface area contributed by atoms with Gasteiger partial charge in [-0.15, -0.1) is 11.3 Å². The SMILES string of the molecule is COc1ccc(CC(Br)c2cccs2)cc1OC. The van der Waals surface area contributed by atoms with E-state index in [2.05, 4.69) is 39.5 Å². The van der Waals surface area contributed by atoms with E-state index in [0.717, 1.165) is 17.9 Å². The third-order valence-corrected chi connectivity index (χ3v) is 4.82. The highest BCUT2D eigenvalue weighted by Crippen LogP contribution is 2.33. The molecule has 2 rings (SSSR count). The fraction of sp³-hybridized carbons (Fsp3) is 0.286. The molecule has 0 N–H and O–H groups in total. The standard InChI is InChI=1S/C14H15BrO2S/c1-16-12-6-5-10(9-13(12)17-2)8-11(15)14-4-3-7-18-14/h3-7,9,11H,8H2,1-2H3. The summed E-state index contributed by atoms with van der Waals surface area (Å²) in [6.07, 6.45) is 0.931. The lowest BCUT2D eigenvalue weighted by molar-refractivity contribution is 0.354. The zero-order chi connectivity index (χ0) is 13.0. The monoisotopic (exact) mass is 326 g/mol. The Morgan fingerprint density at radius 2 is 1.94 bits per heavy atom. The minimum atomic E-state index is 0.343. The van der Waals surface area contributed by atoms with Gasteiger partial charge in [-0.25, -0.2) is 0 Å². The van der Waals surface area contributed by atoms with Crippen molar-refractivity contribution in [2.45, 2.75) is 11.2 Å². The van der Waals surface area contributed by atoms with E-state index in [0.29, 0.717) is 4.83 Å². The lowest BCUT2D eigenvalue weighted by Gasteiger charge is -2.11. The molecule has 0 aliphatic rings. The number of benzene rings is 1. The lowest BCUT2D eigenvalue weighted by atomic mass is 10.1. The third kappa shape index (κ3) is 3.06. The van der Waals surface area contributed by atoms with Crippen LogP contribution in [0.4, 0.5) is 0 Å². The molecule has 0 amide bonds. The molecule has 2 nitrogen and oxygen atoms in total. The quantitative estimate of drug-likeness (QED) is 0.756. The fourth-order valence-electron chi connectivity index (χ4n) is 1.78. The van der Waals surface area contributed by atoms with Crippen molar-refractivity contribution in [2.24, 2.45) is 0 Å². The Labute approximate surface area is 120 Å². The van der Waals surface area contributed by atoms with Gasteiger partial charge in [0.25, 0.3) is 0 Å². The molecule has 2 aromatic rings. The molecular formula is C14H15BrO2S. The van der Waals surface area contributed by atoms with Crippen molar-refractivity contribution in [3.8, 4) is 11.5 Å². The van der Waals surface area contributed by atoms with E-state index < -0.39 is 0 Å². The maximum absolute atomic E-state index is 5.31. The van der Waals surface area contributed by atoms with Crippen LogP contribution >= 0.6 is 27.3 Å². The second-order valence-corrected chi connectivity index (χ2v) is 5.96. The first-order chi connectivity index (χ1) is 8.74. The van der Waals surface area contributed by atoms with Crippen LogP contribution in [0.1, 0.15) is 15.3 Å². The van der Waals surface area contributed by atoms with E-state index in [4.69, 9.17) is 9.47 Å². The average Bonchev–Trinajstić information content (AvgIpc) is 2.92. The van der Waals surface area contributed by atoms with E-state index in [-0.39, 0.29) is 0 Å². The third-order valence-electron chi connectivity index (χ3n) is 2.71. The van der Waals surface area contributed by atoms with Gasteiger partial charge in [0.15, 0.2) is 11.5 Å². The second-order valence-electron chi connectivity index (χ2n) is 3.88. The van der Waals surface area contributed by atoms with Gasteiger partial charge in [0.2, 0.25) is 0 Å². The van der Waals surface area contributed by atoms with Crippen molar-refractivity contribution in [3.63, 3.8) is 0 Å². The van der Waals surface area contributed by atoms with Gasteiger partial charge >= 0.3 is 0 Å². The molecule has 18 heavy (non-hydrogen) atoms. The zero-order valence-corrected chi connectivity index (χ0v) is 12.8. The molecule has 0 saturated carbocycles. The van der Waals surface area contributed by atoms with E-state index in [1.807, 2.05) is 12.1 Å². The summed E-state index contributed by atoms with van der Waals surface area (Å²) in [5.41, 5.74) is 1.22. The maximum atomic E-state index is 5.31. The van der Waals surface area contributed by atoms with Crippen molar-refractivity contribution in [1.29, 1.82) is 0 Å². The Bertz CT molecular complexity index is 497. The van der Waals surface area contributed by atoms with Gasteiger partial charge in [-0.05, 0) is 35.6 Å². The Kier molecular flexibility index (Phi) is 4.66. The predicted octanol–water partition coefficient (Wildman–Crippen LogP) is 4.44. The summed E-state index contributed by atoms with van der Waals surface area (Å²) in [7, 11) is 3.31. The van der Waals surface area contributed by atoms with Gasteiger partial charge < -0.3 is 9.47 Å². The van der Waals surface area contributed by atoms with Crippen molar-refractivity contribution in [2.75, 3.05) is 14.2 Å². The van der Waals surface area contributed by atoms with Gasteiger partial charge in [-0.1, -0.05) is 28.1 Å². The molecule has 0 bridgehead atoms. The van der Waals surface area contributed by atoms with Crippen LogP contribution in [0.2, 0.25) is 0 Å². The van der Waals surface area contributed by atoms with Crippen LogP contribution in [0.25, 0.3) is 0 Å². The number of hydrogen-bond donors (Lipinski definition) is 0. The molecule has 1 aromatic carbocycles. The molecule has 1 atom stereocenters. The summed E-state index contributed by atoms with van der Waals surface area (Å²) in [6, 6.07) is 10.3. The highest BCUT2D eigenvalue weighted by Gasteiger charge is 2.11. The minimum Gasteiger partial charge on any atom is -0.493 e. The highest BCUT2D eigenvalue weighted by molar-refractivity contribution is 9.09. The number of halogens is 1. The van der Waals surface area contributed by atoms with Crippen LogP contribution < -0.4 is 9.47 Å². The molecule has 1 heterocycles. The van der Waals surface area contributed by atoms with Gasteiger partial charge in [-0.2, -0.15) is 0 Å². The number of thiophene rings is 1. The molecule has 0 aliphatic heterocycles. The molecule has 0 fully saturated rings. The van der Waals surface area contributed by atoms with Crippen LogP contribution in [0.3, 0.4) is 0 Å². The first-order valence-corrected chi connectivity index (χ1v) is 7.42. The zero-order valence-electron chi connectivity index (χ0n) is 10.4. The van der Waals surface area contributed by atoms with Gasteiger partial charge in [0, 0.05) is 4.88 Å². The fourth-order valence-corrected chi connectivity index (χ4v) is 3.34. The number of alkyl halides is 1. The summed E-state index contributed by atoms with van der Waals surface area (Å²) >= 11 is 5.49. The molecule has 0 saturated heterocycles. The Morgan fingerprint density at radius 1 is 1.17 bits per heavy atom. The Morgan fingerprint density at radius 3 is 2.56 bits per heavy atom. The molecule has 0 spiro atoms. The van der Waals surface area contributed by atoms with Gasteiger partial charge in [0.1, 0.15) is 0 Å². The van der Waals surface area contributed by atoms with Crippen molar-refractivity contribution >= 4 is 27.3 Å². The normalized spacial score (nSPS) is 12.2. The first-order valence-electron chi connectivity index (χ1n) is 5.63. The first kappa shape index (κ1) is 13.4. The molecule has 96 valence electrons. The molecule has 0 radical (unpaired) electrons. The topological polar surface area (TPSA) is 18.5 Å². The summed E-state index contributed by atoms with van der Waals surface area (Å²) < 4.78 is 10.5. The van der Waals surface area contributed by atoms with Crippen molar-refractivity contribution < 1.29 is 9.47 Å². The molecular weight excluding hydrogens is 312 g/mol. The van der Waals surface area contributed by atoms with Gasteiger partial charge in [0.05, 0.1) is 19.0 Å². The average molecular weight is 327 g/mol. The summed E-state index contributed by atoms with van der Waals surface area (Å²) in [4.78, 5) is 1.68. The van der Waals surface area contributed by atoms with Gasteiger partial charge in [-0.3, -0.25) is 0 Å². The number of ether oxygens (including phenoxy) is 2. The Hall–Kier alpha value is -1.00. The van der Waals surface area contributed by atoms with Crippen molar-refractivity contribution in [3.05, 3.63) is 46.2 Å². The smallest absolute Gasteiger partial charge is 0.160 e. The largest absolute Gasteiger partial charge is 0.493 e. The van der Waals surface area contributed by atoms with E-state index in [1.54, 1.807) is 25.6 Å². The minimum absolute atomic E-state index is 0.343. The lowest BCUT2D eigenvalue weighted by Crippen LogP contribution is -1.96. The molecule has 0 aliphatic carbocycles. The summed E-state index contributed by atoms with van der Waals surface area (Å²) in [5.74, 6) is 1.55. The number of hydrogen-bond acceptors (Lipinski definition) is 3. The van der Waals surface area contributed by atoms with Crippen LogP contribution in [-0.2, 0) is 6.42 Å². The number of methoxy groups -OCH3 is 2. The maximum Gasteiger partial charge on any atom is 0.160 e. The van der Waals surface area contributed by atoms with Crippen LogP contribution in [0.15, 0.2) is 35.7 Å². The van der Waals surface area contributed by atoms with E-state index >= 15 is 0 Å². The summed E-state index contributed by atoms with van der Waals surface area (Å²) in [5, 5.41) is 2.10. The second kappa shape index (κ2) is 6.25.